The highest BCUT2D eigenvalue weighted by Gasteiger charge is 2.52. The maximum absolute atomic E-state index is 5.39. The molecule has 8 aromatic rings. The highest BCUT2D eigenvalue weighted by molar-refractivity contribution is 6.00. The van der Waals surface area contributed by atoms with Crippen LogP contribution in [0.25, 0.3) is 67.0 Å². The van der Waals surface area contributed by atoms with E-state index in [0.717, 1.165) is 22.5 Å². The fourth-order valence-electron chi connectivity index (χ4n) is 9.84. The van der Waals surface area contributed by atoms with Gasteiger partial charge in [-0.15, -0.1) is 0 Å². The van der Waals surface area contributed by atoms with Gasteiger partial charge in [0, 0.05) is 16.5 Å². The largest absolute Gasteiger partial charge is 0.248 e. The number of hydrogen-bond donors (Lipinski definition) is 0. The van der Waals surface area contributed by atoms with Crippen LogP contribution in [0, 0.1) is 0 Å². The second kappa shape index (κ2) is 10.6. The van der Waals surface area contributed by atoms with E-state index < -0.39 is 0 Å². The fraction of sp³-hybridized carbons (Fsp3) is 0.0784. The van der Waals surface area contributed by atoms with Crippen molar-refractivity contribution in [3.8, 4) is 67.0 Å². The van der Waals surface area contributed by atoms with Crippen LogP contribution in [0.1, 0.15) is 47.2 Å². The smallest absolute Gasteiger partial charge is 0.0725 e. The maximum Gasteiger partial charge on any atom is 0.0725 e. The van der Waals surface area contributed by atoms with Crippen LogP contribution < -0.4 is 0 Å². The second-order valence-electron chi connectivity index (χ2n) is 15.0. The standard InChI is InChI=1S/C51H35N/c1-50(2)41-22-10-6-17-36(41)39-28-27-33(29-46(39)50)48-31-34(30-47(52-48)32-15-4-3-5-16-32)35-21-14-26-45-49(35)40-20-9-13-25-44(40)51(45)42-23-11-7-18-37(42)38-19-8-12-24-43(38)51/h3-31H,1-2H3. The Labute approximate surface area is 304 Å². The second-order valence-corrected chi connectivity index (χ2v) is 15.0. The normalized spacial score (nSPS) is 14.7. The van der Waals surface area contributed by atoms with E-state index in [4.69, 9.17) is 4.98 Å². The van der Waals surface area contributed by atoms with Crippen molar-refractivity contribution >= 4 is 0 Å². The molecule has 0 radical (unpaired) electrons. The summed E-state index contributed by atoms with van der Waals surface area (Å²) in [7, 11) is 0. The van der Waals surface area contributed by atoms with E-state index in [1.165, 1.54) is 77.9 Å². The number of fused-ring (bicyclic) bond motifs is 13. The van der Waals surface area contributed by atoms with E-state index in [0.29, 0.717) is 0 Å². The van der Waals surface area contributed by atoms with Crippen molar-refractivity contribution in [3.05, 3.63) is 209 Å². The zero-order valence-corrected chi connectivity index (χ0v) is 29.2. The SMILES string of the molecule is CC1(C)c2ccccc2-c2ccc(-c3cc(-c4cccc5c4-c4ccccc4C54c5ccccc5-c5ccccc54)cc(-c4ccccc4)n3)cc21. The van der Waals surface area contributed by atoms with Crippen molar-refractivity contribution < 1.29 is 0 Å². The van der Waals surface area contributed by atoms with E-state index in [1.807, 2.05) is 0 Å². The molecule has 0 N–H and O–H groups in total. The Morgan fingerprint density at radius 2 is 0.808 bits per heavy atom. The third-order valence-electron chi connectivity index (χ3n) is 12.1. The van der Waals surface area contributed by atoms with Gasteiger partial charge in [-0.05, 0) is 96.1 Å². The van der Waals surface area contributed by atoms with Crippen LogP contribution in [0.15, 0.2) is 176 Å². The summed E-state index contributed by atoms with van der Waals surface area (Å²) in [5.41, 5.74) is 22.3. The summed E-state index contributed by atoms with van der Waals surface area (Å²) in [4.78, 5) is 5.39. The maximum atomic E-state index is 5.39. The third kappa shape index (κ3) is 3.80. The predicted molar refractivity (Wildman–Crippen MR) is 214 cm³/mol. The topological polar surface area (TPSA) is 12.9 Å². The van der Waals surface area contributed by atoms with E-state index in [9.17, 15) is 0 Å². The molecule has 7 aromatic carbocycles. The van der Waals surface area contributed by atoms with Gasteiger partial charge in [-0.1, -0.05) is 172 Å². The molecule has 52 heavy (non-hydrogen) atoms. The summed E-state index contributed by atoms with van der Waals surface area (Å²) in [6.45, 7) is 4.70. The molecule has 1 spiro atoms. The van der Waals surface area contributed by atoms with E-state index >= 15 is 0 Å². The molecule has 0 amide bonds. The third-order valence-corrected chi connectivity index (χ3v) is 12.1. The highest BCUT2D eigenvalue weighted by Crippen LogP contribution is 2.64. The van der Waals surface area contributed by atoms with Crippen LogP contribution in [0.5, 0.6) is 0 Å². The predicted octanol–water partition coefficient (Wildman–Crippen LogP) is 12.7. The van der Waals surface area contributed by atoms with Crippen LogP contribution in [0.4, 0.5) is 0 Å². The van der Waals surface area contributed by atoms with Crippen molar-refractivity contribution in [2.75, 3.05) is 0 Å². The monoisotopic (exact) mass is 661 g/mol. The molecular weight excluding hydrogens is 627 g/mol. The Balaban J connectivity index is 1.17. The van der Waals surface area contributed by atoms with E-state index in [2.05, 4.69) is 190 Å². The minimum Gasteiger partial charge on any atom is -0.248 e. The molecular formula is C51H35N. The van der Waals surface area contributed by atoms with Crippen molar-refractivity contribution in [1.82, 2.24) is 4.98 Å². The van der Waals surface area contributed by atoms with Gasteiger partial charge in [-0.25, -0.2) is 4.98 Å². The Morgan fingerprint density at radius 3 is 1.48 bits per heavy atom. The summed E-state index contributed by atoms with van der Waals surface area (Å²) >= 11 is 0. The van der Waals surface area contributed by atoms with Crippen molar-refractivity contribution in [2.45, 2.75) is 24.7 Å². The van der Waals surface area contributed by atoms with Gasteiger partial charge in [0.15, 0.2) is 0 Å². The van der Waals surface area contributed by atoms with Gasteiger partial charge < -0.3 is 0 Å². The molecule has 0 fully saturated rings. The summed E-state index contributed by atoms with van der Waals surface area (Å²) in [6.07, 6.45) is 0. The highest BCUT2D eigenvalue weighted by atomic mass is 14.7. The Bertz CT molecular complexity index is 2720. The summed E-state index contributed by atoms with van der Waals surface area (Å²) in [5.74, 6) is 0. The zero-order valence-electron chi connectivity index (χ0n) is 29.2. The summed E-state index contributed by atoms with van der Waals surface area (Å²) in [6, 6.07) is 65.2. The molecule has 1 heteroatoms. The van der Waals surface area contributed by atoms with Crippen LogP contribution in [-0.4, -0.2) is 4.98 Å². The first-order valence-corrected chi connectivity index (χ1v) is 18.3. The van der Waals surface area contributed by atoms with Gasteiger partial charge in [-0.2, -0.15) is 0 Å². The summed E-state index contributed by atoms with van der Waals surface area (Å²) < 4.78 is 0. The van der Waals surface area contributed by atoms with Gasteiger partial charge in [0.25, 0.3) is 0 Å². The first-order valence-electron chi connectivity index (χ1n) is 18.3. The molecule has 3 aliphatic rings. The van der Waals surface area contributed by atoms with Crippen molar-refractivity contribution in [3.63, 3.8) is 0 Å². The lowest BCUT2D eigenvalue weighted by Crippen LogP contribution is -2.25. The van der Waals surface area contributed by atoms with Gasteiger partial charge >= 0.3 is 0 Å². The Morgan fingerprint density at radius 1 is 0.327 bits per heavy atom. The number of benzene rings is 7. The van der Waals surface area contributed by atoms with Gasteiger partial charge in [0.05, 0.1) is 16.8 Å². The quantitative estimate of drug-likeness (QED) is 0.184. The molecule has 0 atom stereocenters. The Kier molecular flexibility index (Phi) is 6.00. The van der Waals surface area contributed by atoms with Crippen LogP contribution >= 0.6 is 0 Å². The average molecular weight is 662 g/mol. The first-order chi connectivity index (χ1) is 25.5. The van der Waals surface area contributed by atoms with E-state index in [1.54, 1.807) is 0 Å². The molecule has 0 saturated carbocycles. The van der Waals surface area contributed by atoms with Gasteiger partial charge in [0.2, 0.25) is 0 Å². The van der Waals surface area contributed by atoms with Gasteiger partial charge in [0.1, 0.15) is 0 Å². The molecule has 0 unspecified atom stereocenters. The molecule has 11 rings (SSSR count). The molecule has 3 aliphatic carbocycles. The number of hydrogen-bond acceptors (Lipinski definition) is 1. The molecule has 0 saturated heterocycles. The fourth-order valence-corrected chi connectivity index (χ4v) is 9.84. The lowest BCUT2D eigenvalue weighted by molar-refractivity contribution is 0.660. The number of aromatic nitrogens is 1. The molecule has 0 bridgehead atoms. The summed E-state index contributed by atoms with van der Waals surface area (Å²) in [5, 5.41) is 0. The zero-order chi connectivity index (χ0) is 34.6. The minimum atomic E-state index is -0.381. The van der Waals surface area contributed by atoms with Gasteiger partial charge in [-0.3, -0.25) is 0 Å². The average Bonchev–Trinajstić information content (AvgIpc) is 3.77. The molecule has 1 nitrogen and oxygen atoms in total. The Hall–Kier alpha value is -6.31. The van der Waals surface area contributed by atoms with Crippen molar-refractivity contribution in [2.24, 2.45) is 0 Å². The van der Waals surface area contributed by atoms with E-state index in [-0.39, 0.29) is 10.8 Å². The van der Waals surface area contributed by atoms with Crippen molar-refractivity contribution in [1.29, 1.82) is 0 Å². The number of rotatable bonds is 3. The number of nitrogens with zero attached hydrogens (tertiary/aromatic N) is 1. The number of pyridine rings is 1. The molecule has 1 heterocycles. The lowest BCUT2D eigenvalue weighted by atomic mass is 9.70. The molecule has 244 valence electrons. The van der Waals surface area contributed by atoms with Crippen LogP contribution in [0.2, 0.25) is 0 Å². The minimum absolute atomic E-state index is 0.0893. The molecule has 0 aliphatic heterocycles. The lowest BCUT2D eigenvalue weighted by Gasteiger charge is -2.30. The van der Waals surface area contributed by atoms with Crippen LogP contribution in [-0.2, 0) is 10.8 Å². The first kappa shape index (κ1) is 29.4. The molecule has 1 aromatic heterocycles. The van der Waals surface area contributed by atoms with Crippen LogP contribution in [0.3, 0.4) is 0 Å².